The Balaban J connectivity index is 4.16. The molecule has 156 valence electrons. The van der Waals surface area contributed by atoms with Crippen LogP contribution in [-0.4, -0.2) is 52.6 Å². The fraction of sp³-hybridized carbons (Fsp3) is 0.778. The second kappa shape index (κ2) is 13.1. The molecule has 3 atom stereocenters. The molecule has 2 amide bonds. The van der Waals surface area contributed by atoms with Gasteiger partial charge in [-0.2, -0.15) is 0 Å². The second-order valence-electron chi connectivity index (χ2n) is 7.26. The Morgan fingerprint density at radius 1 is 0.963 bits per heavy atom. The summed E-state index contributed by atoms with van der Waals surface area (Å²) in [4.78, 5) is 45.7. The summed E-state index contributed by atoms with van der Waals surface area (Å²) in [5, 5.41) is 23.0. The summed E-state index contributed by atoms with van der Waals surface area (Å²) < 4.78 is 0. The van der Waals surface area contributed by atoms with Crippen molar-refractivity contribution in [3.63, 3.8) is 0 Å². The molecule has 0 rings (SSSR count). The van der Waals surface area contributed by atoms with Crippen molar-refractivity contribution in [3.05, 3.63) is 0 Å². The van der Waals surface area contributed by atoms with Crippen LogP contribution in [0.2, 0.25) is 0 Å². The van der Waals surface area contributed by atoms with Gasteiger partial charge in [0, 0.05) is 18.9 Å². The summed E-state index contributed by atoms with van der Waals surface area (Å²) in [6.45, 7) is 6.08. The van der Waals surface area contributed by atoms with Gasteiger partial charge in [-0.05, 0) is 38.0 Å². The Labute approximate surface area is 160 Å². The minimum absolute atomic E-state index is 0.00515. The van der Waals surface area contributed by atoms with E-state index < -0.39 is 24.0 Å². The van der Waals surface area contributed by atoms with Gasteiger partial charge in [-0.3, -0.25) is 14.4 Å². The van der Waals surface area contributed by atoms with E-state index in [0.717, 1.165) is 0 Å². The molecule has 0 saturated carbocycles. The molecule has 0 spiro atoms. The average Bonchev–Trinajstić information content (AvgIpc) is 2.56. The highest BCUT2D eigenvalue weighted by atomic mass is 16.4. The molecule has 6 N–H and O–H groups in total. The highest BCUT2D eigenvalue weighted by Crippen LogP contribution is 2.11. The van der Waals surface area contributed by atoms with Crippen molar-refractivity contribution in [1.29, 1.82) is 0 Å². The van der Waals surface area contributed by atoms with Crippen LogP contribution in [0.15, 0.2) is 0 Å². The van der Waals surface area contributed by atoms with Crippen LogP contribution in [0.1, 0.15) is 59.3 Å². The number of hydrogen-bond acceptors (Lipinski definition) is 5. The van der Waals surface area contributed by atoms with Gasteiger partial charge in [0.15, 0.2) is 0 Å². The third-order valence-electron chi connectivity index (χ3n) is 4.13. The number of aliphatic carboxylic acids is 2. The van der Waals surface area contributed by atoms with E-state index in [0.29, 0.717) is 38.1 Å². The normalized spacial score (nSPS) is 14.3. The third kappa shape index (κ3) is 12.0. The largest absolute Gasteiger partial charge is 0.480 e. The minimum Gasteiger partial charge on any atom is -0.480 e. The molecule has 0 aromatic heterocycles. The van der Waals surface area contributed by atoms with E-state index in [-0.39, 0.29) is 30.6 Å². The summed E-state index contributed by atoms with van der Waals surface area (Å²) in [5.41, 5.74) is 5.38. The maximum Gasteiger partial charge on any atom is 0.326 e. The zero-order valence-corrected chi connectivity index (χ0v) is 16.4. The second-order valence-corrected chi connectivity index (χ2v) is 7.26. The van der Waals surface area contributed by atoms with Gasteiger partial charge in [0.05, 0.1) is 0 Å². The van der Waals surface area contributed by atoms with E-state index in [9.17, 15) is 24.3 Å². The van der Waals surface area contributed by atoms with E-state index >= 15 is 0 Å². The number of carbonyl (C=O) groups is 4. The van der Waals surface area contributed by atoms with Gasteiger partial charge < -0.3 is 26.6 Å². The van der Waals surface area contributed by atoms with Crippen LogP contribution < -0.4 is 16.4 Å². The highest BCUT2D eigenvalue weighted by molar-refractivity contribution is 5.85. The van der Waals surface area contributed by atoms with Crippen molar-refractivity contribution in [1.82, 2.24) is 10.6 Å². The SMILES string of the molecule is CC(C)CC(C)C(=O)NC(CCC(=O)NCCCCC(N)C(=O)O)C(=O)O. The lowest BCUT2D eigenvalue weighted by Crippen LogP contribution is -2.44. The lowest BCUT2D eigenvalue weighted by Gasteiger charge is -2.18. The van der Waals surface area contributed by atoms with Gasteiger partial charge in [0.2, 0.25) is 11.8 Å². The van der Waals surface area contributed by atoms with Gasteiger partial charge in [0.25, 0.3) is 0 Å². The number of carboxylic acid groups (broad SMARTS) is 2. The number of carboxylic acids is 2. The number of hydrogen-bond donors (Lipinski definition) is 5. The number of amides is 2. The van der Waals surface area contributed by atoms with Crippen LogP contribution in [0.3, 0.4) is 0 Å². The monoisotopic (exact) mass is 387 g/mol. The fourth-order valence-electron chi connectivity index (χ4n) is 2.59. The molecule has 0 aliphatic heterocycles. The Bertz CT molecular complexity index is 509. The van der Waals surface area contributed by atoms with Crippen molar-refractivity contribution >= 4 is 23.8 Å². The first kappa shape index (κ1) is 24.8. The summed E-state index contributed by atoms with van der Waals surface area (Å²) in [5.74, 6) is -2.83. The average molecular weight is 387 g/mol. The molecule has 9 heteroatoms. The summed E-state index contributed by atoms with van der Waals surface area (Å²) in [7, 11) is 0. The Hall–Kier alpha value is -2.16. The molecule has 0 bridgehead atoms. The van der Waals surface area contributed by atoms with Crippen molar-refractivity contribution < 1.29 is 29.4 Å². The summed E-state index contributed by atoms with van der Waals surface area (Å²) in [6, 6.07) is -2.01. The molecule has 0 saturated heterocycles. The molecule has 0 radical (unpaired) electrons. The molecular weight excluding hydrogens is 354 g/mol. The van der Waals surface area contributed by atoms with Crippen LogP contribution in [-0.2, 0) is 19.2 Å². The predicted molar refractivity (Wildman–Crippen MR) is 99.9 cm³/mol. The Kier molecular flexibility index (Phi) is 12.0. The quantitative estimate of drug-likeness (QED) is 0.275. The van der Waals surface area contributed by atoms with Gasteiger partial charge in [-0.1, -0.05) is 20.8 Å². The number of carbonyl (C=O) groups excluding carboxylic acids is 2. The van der Waals surface area contributed by atoms with Crippen molar-refractivity contribution in [3.8, 4) is 0 Å². The summed E-state index contributed by atoms with van der Waals surface area (Å²) in [6.07, 6.45) is 2.11. The lowest BCUT2D eigenvalue weighted by atomic mass is 9.97. The van der Waals surface area contributed by atoms with E-state index in [4.69, 9.17) is 10.8 Å². The van der Waals surface area contributed by atoms with Gasteiger partial charge in [-0.25, -0.2) is 4.79 Å². The van der Waals surface area contributed by atoms with Crippen LogP contribution >= 0.6 is 0 Å². The Morgan fingerprint density at radius 3 is 2.11 bits per heavy atom. The van der Waals surface area contributed by atoms with E-state index in [1.54, 1.807) is 6.92 Å². The van der Waals surface area contributed by atoms with E-state index in [1.807, 2.05) is 13.8 Å². The number of nitrogens with one attached hydrogen (secondary N) is 2. The van der Waals surface area contributed by atoms with Gasteiger partial charge in [0.1, 0.15) is 12.1 Å². The standard InChI is InChI=1S/C18H33N3O6/c1-11(2)10-12(3)16(23)21-14(18(26)27)7-8-15(22)20-9-5-4-6-13(19)17(24)25/h11-14H,4-10,19H2,1-3H3,(H,20,22)(H,21,23)(H,24,25)(H,26,27). The molecule has 0 aromatic rings. The molecule has 27 heavy (non-hydrogen) atoms. The molecule has 0 aliphatic carbocycles. The number of rotatable bonds is 14. The van der Waals surface area contributed by atoms with Crippen LogP contribution in [0.25, 0.3) is 0 Å². The maximum absolute atomic E-state index is 12.1. The first-order valence-electron chi connectivity index (χ1n) is 9.32. The van der Waals surface area contributed by atoms with Crippen LogP contribution in [0.4, 0.5) is 0 Å². The van der Waals surface area contributed by atoms with E-state index in [2.05, 4.69) is 10.6 Å². The number of unbranched alkanes of at least 4 members (excludes halogenated alkanes) is 1. The van der Waals surface area contributed by atoms with Gasteiger partial charge >= 0.3 is 11.9 Å². The van der Waals surface area contributed by atoms with E-state index in [1.165, 1.54) is 0 Å². The number of nitrogens with two attached hydrogens (primary N) is 1. The molecule has 9 nitrogen and oxygen atoms in total. The first-order valence-corrected chi connectivity index (χ1v) is 9.32. The molecule has 0 fully saturated rings. The molecular formula is C18H33N3O6. The molecule has 0 aromatic carbocycles. The lowest BCUT2D eigenvalue weighted by molar-refractivity contribution is -0.143. The Morgan fingerprint density at radius 2 is 1.59 bits per heavy atom. The molecule has 0 aliphatic rings. The van der Waals surface area contributed by atoms with Gasteiger partial charge in [-0.15, -0.1) is 0 Å². The third-order valence-corrected chi connectivity index (χ3v) is 4.13. The zero-order valence-electron chi connectivity index (χ0n) is 16.4. The van der Waals surface area contributed by atoms with Crippen LogP contribution in [0, 0.1) is 11.8 Å². The highest BCUT2D eigenvalue weighted by Gasteiger charge is 2.24. The summed E-state index contributed by atoms with van der Waals surface area (Å²) >= 11 is 0. The zero-order chi connectivity index (χ0) is 21.0. The topological polar surface area (TPSA) is 159 Å². The maximum atomic E-state index is 12.1. The molecule has 3 unspecified atom stereocenters. The minimum atomic E-state index is -1.17. The predicted octanol–water partition coefficient (Wildman–Crippen LogP) is 0.717. The smallest absolute Gasteiger partial charge is 0.326 e. The van der Waals surface area contributed by atoms with Crippen LogP contribution in [0.5, 0.6) is 0 Å². The van der Waals surface area contributed by atoms with Crippen molar-refractivity contribution in [2.75, 3.05) is 6.54 Å². The molecule has 0 heterocycles. The fourth-order valence-corrected chi connectivity index (χ4v) is 2.59. The first-order chi connectivity index (χ1) is 12.5. The van der Waals surface area contributed by atoms with Crippen molar-refractivity contribution in [2.45, 2.75) is 71.4 Å². The van der Waals surface area contributed by atoms with Crippen molar-refractivity contribution in [2.24, 2.45) is 17.6 Å².